The van der Waals surface area contributed by atoms with Crippen LogP contribution in [0, 0.1) is 11.8 Å². The number of hydrogen-bond donors (Lipinski definition) is 4. The fourth-order valence-electron chi connectivity index (χ4n) is 8.26. The number of likely N-dealkylation sites (tertiary alicyclic amines) is 2. The Labute approximate surface area is 430 Å². The van der Waals surface area contributed by atoms with Crippen molar-refractivity contribution in [3.05, 3.63) is 74.8 Å². The maximum absolute atomic E-state index is 13.6. The number of hydrogen-bond acceptors (Lipinski definition) is 16. The maximum atomic E-state index is 13.6. The van der Waals surface area contributed by atoms with Crippen LogP contribution >= 0.6 is 31.9 Å². The van der Waals surface area contributed by atoms with Gasteiger partial charge in [0.05, 0.1) is 59.8 Å². The normalized spacial score (nSPS) is 19.9. The lowest BCUT2D eigenvalue weighted by atomic mass is 9.97. The van der Waals surface area contributed by atoms with Crippen molar-refractivity contribution in [2.24, 2.45) is 16.8 Å². The number of aliphatic imine (C=N–C) groups is 1. The summed E-state index contributed by atoms with van der Waals surface area (Å²) in [5.74, 6) is -4.98. The molecule has 392 valence electrons. The number of carboxylic acid groups (broad SMARTS) is 1. The van der Waals surface area contributed by atoms with Gasteiger partial charge in [-0.25, -0.2) is 14.4 Å². The molecule has 0 aliphatic carbocycles. The van der Waals surface area contributed by atoms with Crippen LogP contribution < -0.4 is 16.8 Å². The Balaban J connectivity index is 0.000000340. The van der Waals surface area contributed by atoms with Crippen LogP contribution in [0.1, 0.15) is 77.2 Å². The number of carboxylic acids is 1. The summed E-state index contributed by atoms with van der Waals surface area (Å²) in [5, 5.41) is 12.6. The molecule has 71 heavy (non-hydrogen) atoms. The Morgan fingerprint density at radius 3 is 1.65 bits per heavy atom. The Morgan fingerprint density at radius 1 is 0.746 bits per heavy atom. The molecule has 2 spiro atoms. The van der Waals surface area contributed by atoms with E-state index in [2.05, 4.69) is 47.2 Å². The average molecular weight is 1130 g/mol. The lowest BCUT2D eigenvalue weighted by Gasteiger charge is -2.31. The van der Waals surface area contributed by atoms with E-state index >= 15 is 0 Å². The number of Topliss-reactive ketones (excluding diaryl/α,β-unsaturated/α-hetero) is 1. The number of ketones is 1. The second kappa shape index (κ2) is 26.9. The molecule has 0 bridgehead atoms. The number of amides is 4. The Kier molecular flexibility index (Phi) is 22.8. The number of aliphatic carboxylic acids is 1. The van der Waals surface area contributed by atoms with Crippen molar-refractivity contribution in [1.82, 2.24) is 26.6 Å². The Bertz CT molecular complexity index is 2240. The molecule has 7 rings (SSSR count). The average Bonchev–Trinajstić information content (AvgIpc) is 4.19. The maximum Gasteiger partial charge on any atom is 0.407 e. The SMILES string of the molecule is C.CC(=O)O.COC(=O)N[C@H](C(=O)N1CC2(C[C@H]1C(=O)OCC(=O)c1ccc(Br)cc1)OCCO2)C(C)C.COC(=O)N[C@H](C(=O)N1CC2(C[C@H]1C1=NC=C(c3ccc(Br)cc3)C1)OCCO2)C(C)C.N. The monoisotopic (exact) mass is 1120 g/mol. The largest absolute Gasteiger partial charge is 0.481 e. The fraction of sp³-hybridized carbons (Fsp3) is 0.542. The van der Waals surface area contributed by atoms with Crippen molar-refractivity contribution < 1.29 is 71.8 Å². The molecule has 0 radical (unpaired) electrons. The van der Waals surface area contributed by atoms with E-state index in [1.54, 1.807) is 43.0 Å². The smallest absolute Gasteiger partial charge is 0.407 e. The van der Waals surface area contributed by atoms with Crippen LogP contribution in [0.15, 0.2) is 68.7 Å². The number of nitrogens with one attached hydrogen (secondary N) is 2. The van der Waals surface area contributed by atoms with Crippen LogP contribution in [0.4, 0.5) is 9.59 Å². The molecule has 0 aromatic heterocycles. The van der Waals surface area contributed by atoms with Crippen molar-refractivity contribution in [3.63, 3.8) is 0 Å². The highest BCUT2D eigenvalue weighted by atomic mass is 79.9. The van der Waals surface area contributed by atoms with Gasteiger partial charge in [0.25, 0.3) is 5.97 Å². The lowest BCUT2D eigenvalue weighted by molar-refractivity contribution is -0.153. The fourth-order valence-corrected chi connectivity index (χ4v) is 8.79. The van der Waals surface area contributed by atoms with Crippen molar-refractivity contribution in [2.45, 2.75) is 97.0 Å². The second-order valence-electron chi connectivity index (χ2n) is 17.3. The number of carbonyl (C=O) groups is 7. The van der Waals surface area contributed by atoms with Crippen molar-refractivity contribution in [3.8, 4) is 0 Å². The van der Waals surface area contributed by atoms with Crippen LogP contribution in [-0.2, 0) is 52.3 Å². The molecule has 23 heteroatoms. The molecule has 0 unspecified atom stereocenters. The van der Waals surface area contributed by atoms with Crippen LogP contribution in [0.5, 0.6) is 0 Å². The second-order valence-corrected chi connectivity index (χ2v) is 19.1. The van der Waals surface area contributed by atoms with Gasteiger partial charge in [0.15, 0.2) is 24.0 Å². The third kappa shape index (κ3) is 15.8. The zero-order chi connectivity index (χ0) is 50.6. The Hall–Kier alpha value is -5.30. The van der Waals surface area contributed by atoms with Gasteiger partial charge >= 0.3 is 18.2 Å². The highest BCUT2D eigenvalue weighted by molar-refractivity contribution is 9.10. The number of methoxy groups -OCH3 is 2. The summed E-state index contributed by atoms with van der Waals surface area (Å²) in [6.45, 7) is 9.88. The molecule has 5 aliphatic heterocycles. The van der Waals surface area contributed by atoms with E-state index in [9.17, 15) is 28.8 Å². The first-order valence-electron chi connectivity index (χ1n) is 22.2. The first-order chi connectivity index (χ1) is 32.7. The number of nitrogens with zero attached hydrogens (tertiary/aromatic N) is 3. The quantitative estimate of drug-likeness (QED) is 0.105. The molecule has 4 amide bonds. The molecule has 6 N–H and O–H groups in total. The van der Waals surface area contributed by atoms with Crippen LogP contribution in [0.3, 0.4) is 0 Å². The van der Waals surface area contributed by atoms with Gasteiger partial charge in [-0.2, -0.15) is 0 Å². The number of alkyl carbamates (subject to hydrolysis) is 2. The van der Waals surface area contributed by atoms with E-state index in [-0.39, 0.29) is 56.1 Å². The first-order valence-corrected chi connectivity index (χ1v) is 23.8. The van der Waals surface area contributed by atoms with Crippen molar-refractivity contribution >= 4 is 84.9 Å². The molecular weight excluding hydrogens is 1060 g/mol. The summed E-state index contributed by atoms with van der Waals surface area (Å²) in [4.78, 5) is 92.7. The molecule has 21 nitrogen and oxygen atoms in total. The number of esters is 1. The zero-order valence-electron chi connectivity index (χ0n) is 40.2. The molecular formula is C48H66Br2N6O15. The van der Waals surface area contributed by atoms with E-state index < -0.39 is 66.3 Å². The van der Waals surface area contributed by atoms with Gasteiger partial charge in [-0.3, -0.25) is 24.2 Å². The van der Waals surface area contributed by atoms with Gasteiger partial charge in [-0.15, -0.1) is 0 Å². The van der Waals surface area contributed by atoms with Crippen LogP contribution in [-0.4, -0.2) is 158 Å². The molecule has 5 aliphatic rings. The number of allylic oxidation sites excluding steroid dienone is 1. The summed E-state index contributed by atoms with van der Waals surface area (Å²) in [6.07, 6.45) is 1.70. The minimum atomic E-state index is -1.12. The van der Waals surface area contributed by atoms with E-state index in [1.165, 1.54) is 19.1 Å². The number of ether oxygens (including phenoxy) is 7. The van der Waals surface area contributed by atoms with E-state index in [0.717, 1.165) is 32.7 Å². The number of benzene rings is 2. The summed E-state index contributed by atoms with van der Waals surface area (Å²) < 4.78 is 39.7. The minimum Gasteiger partial charge on any atom is -0.481 e. The van der Waals surface area contributed by atoms with Gasteiger partial charge < -0.3 is 64.8 Å². The van der Waals surface area contributed by atoms with E-state index in [1.807, 2.05) is 44.3 Å². The van der Waals surface area contributed by atoms with Gasteiger partial charge in [0.2, 0.25) is 11.8 Å². The third-order valence-corrected chi connectivity index (χ3v) is 12.8. The summed E-state index contributed by atoms with van der Waals surface area (Å²) in [6, 6.07) is 11.8. The molecule has 2 aromatic carbocycles. The highest BCUT2D eigenvalue weighted by Crippen LogP contribution is 2.39. The predicted octanol–water partition coefficient (Wildman–Crippen LogP) is 6.15. The molecule has 4 saturated heterocycles. The van der Waals surface area contributed by atoms with Crippen LogP contribution in [0.25, 0.3) is 5.57 Å². The summed E-state index contributed by atoms with van der Waals surface area (Å²) >= 11 is 6.77. The third-order valence-electron chi connectivity index (χ3n) is 11.7. The predicted molar refractivity (Wildman–Crippen MR) is 267 cm³/mol. The summed E-state index contributed by atoms with van der Waals surface area (Å²) in [7, 11) is 2.48. The van der Waals surface area contributed by atoms with Crippen LogP contribution in [0.2, 0.25) is 0 Å². The minimum absolute atomic E-state index is 0. The van der Waals surface area contributed by atoms with Gasteiger partial charge in [0.1, 0.15) is 18.1 Å². The van der Waals surface area contributed by atoms with Gasteiger partial charge in [-0.05, 0) is 47.2 Å². The summed E-state index contributed by atoms with van der Waals surface area (Å²) in [5.41, 5.74) is 3.49. The number of rotatable bonds is 12. The number of carbonyl (C=O) groups excluding carboxylic acids is 6. The molecule has 4 fully saturated rings. The highest BCUT2D eigenvalue weighted by Gasteiger charge is 2.55. The van der Waals surface area contributed by atoms with Crippen molar-refractivity contribution in [1.29, 1.82) is 0 Å². The van der Waals surface area contributed by atoms with Gasteiger partial charge in [-0.1, -0.05) is 91.2 Å². The zero-order valence-corrected chi connectivity index (χ0v) is 43.4. The first kappa shape index (κ1) is 60.0. The molecule has 5 heterocycles. The Morgan fingerprint density at radius 2 is 1.18 bits per heavy atom. The van der Waals surface area contributed by atoms with Crippen molar-refractivity contribution in [2.75, 3.05) is 60.3 Å². The topological polar surface area (TPSA) is 282 Å². The standard InChI is InChI=1S/C23H28BrN3O5.C22H27BrN2O8.C2H4O2.CH4.H3N/c1-14(2)20(26-22(29)30-3)21(28)27-13-23(31-8-9-32-23)11-19(27)18-10-16(12-25-18)15-4-6-17(24)7-5-15;1-13(2)18(24-21(29)30-3)19(27)25-12-22(32-8-9-33-22)10-16(25)20(28)31-11-17(26)14-4-6-15(23)7-5-14;1-2(3)4;;/h4-7,12,14,19-20H,8-11,13H2,1-3H3,(H,26,29);4-7,13,16,18H,8-12H2,1-3H3,(H,24,29);1H3,(H,3,4);1H4;1H3/t19-,20-;16-,18-;;;/m00.../s1. The lowest BCUT2D eigenvalue weighted by Crippen LogP contribution is -2.54. The molecule has 0 saturated carbocycles. The molecule has 4 atom stereocenters. The van der Waals surface area contributed by atoms with E-state index in [4.69, 9.17) is 43.3 Å². The van der Waals surface area contributed by atoms with Gasteiger partial charge in [0, 0.05) is 52.6 Å². The number of halogens is 2. The molecule has 2 aromatic rings. The van der Waals surface area contributed by atoms with E-state index in [0.29, 0.717) is 51.4 Å².